The van der Waals surface area contributed by atoms with Crippen molar-refractivity contribution in [3.05, 3.63) is 66.0 Å². The van der Waals surface area contributed by atoms with Gasteiger partial charge in [-0.15, -0.1) is 0 Å². The van der Waals surface area contributed by atoms with E-state index in [1.165, 1.54) is 0 Å². The van der Waals surface area contributed by atoms with Crippen molar-refractivity contribution in [2.45, 2.75) is 45.9 Å². The van der Waals surface area contributed by atoms with Gasteiger partial charge in [0.05, 0.1) is 18.6 Å². The molecule has 0 saturated heterocycles. The van der Waals surface area contributed by atoms with Crippen molar-refractivity contribution in [3.63, 3.8) is 0 Å². The van der Waals surface area contributed by atoms with Crippen LogP contribution in [0.3, 0.4) is 0 Å². The molecule has 29 heavy (non-hydrogen) atoms. The van der Waals surface area contributed by atoms with Gasteiger partial charge >= 0.3 is 12.1 Å². The van der Waals surface area contributed by atoms with E-state index in [4.69, 9.17) is 9.47 Å². The van der Waals surface area contributed by atoms with Crippen molar-refractivity contribution in [1.29, 1.82) is 0 Å². The number of rotatable bonds is 10. The van der Waals surface area contributed by atoms with Crippen molar-refractivity contribution in [1.82, 2.24) is 5.32 Å². The van der Waals surface area contributed by atoms with Gasteiger partial charge in [0.25, 0.3) is 6.73 Å². The van der Waals surface area contributed by atoms with Gasteiger partial charge in [0, 0.05) is 18.5 Å². The van der Waals surface area contributed by atoms with E-state index < -0.39 is 12.1 Å². The topological polar surface area (TPSA) is 85.6 Å². The number of alkyl carbamates (subject to hydrolysis) is 1. The van der Waals surface area contributed by atoms with Gasteiger partial charge in [-0.05, 0) is 31.9 Å². The molecule has 1 amide bonds. The molecule has 1 heterocycles. The summed E-state index contributed by atoms with van der Waals surface area (Å²) in [6, 6.07) is 13.1. The number of hydrogen-bond acceptors (Lipinski definition) is 5. The molecule has 0 radical (unpaired) electrons. The number of carbonyl (C=O) groups excluding carboxylic acids is 3. The number of aromatic nitrogens is 1. The van der Waals surface area contributed by atoms with Gasteiger partial charge in [-0.25, -0.2) is 4.79 Å². The van der Waals surface area contributed by atoms with Gasteiger partial charge in [0.15, 0.2) is 18.2 Å². The fraction of sp³-hybridized carbons (Fsp3) is 0.364. The molecule has 0 unspecified atom stereocenters. The van der Waals surface area contributed by atoms with Gasteiger partial charge in [0.2, 0.25) is 0 Å². The minimum absolute atomic E-state index is 0.0249. The molecule has 0 saturated carbocycles. The highest BCUT2D eigenvalue weighted by atomic mass is 16.6. The summed E-state index contributed by atoms with van der Waals surface area (Å²) < 4.78 is 11.7. The molecule has 7 heteroatoms. The second kappa shape index (κ2) is 11.6. The molecule has 7 nitrogen and oxygen atoms in total. The van der Waals surface area contributed by atoms with Crippen LogP contribution in [0.25, 0.3) is 0 Å². The van der Waals surface area contributed by atoms with Crippen LogP contribution in [0.1, 0.15) is 42.6 Å². The molecule has 1 atom stereocenters. The molecule has 0 aliphatic heterocycles. The number of benzene rings is 1. The minimum Gasteiger partial charge on any atom is -0.466 e. The van der Waals surface area contributed by atoms with Gasteiger partial charge < -0.3 is 14.8 Å². The summed E-state index contributed by atoms with van der Waals surface area (Å²) in [4.78, 5) is 35.6. The van der Waals surface area contributed by atoms with Gasteiger partial charge in [-0.3, -0.25) is 9.59 Å². The van der Waals surface area contributed by atoms with E-state index in [0.717, 1.165) is 5.56 Å². The smallest absolute Gasteiger partial charge is 0.412 e. The summed E-state index contributed by atoms with van der Waals surface area (Å²) in [7, 11) is 0. The van der Waals surface area contributed by atoms with Crippen LogP contribution in [-0.4, -0.2) is 30.5 Å². The third-order valence-electron chi connectivity index (χ3n) is 4.14. The Morgan fingerprint density at radius 3 is 2.52 bits per heavy atom. The zero-order valence-electron chi connectivity index (χ0n) is 16.8. The first-order chi connectivity index (χ1) is 14.0. The number of nitrogens with one attached hydrogen (secondary N) is 1. The first kappa shape index (κ1) is 22.1. The molecule has 1 aromatic heterocycles. The SMILES string of the molecule is CCOC(=O)CCC(=O)c1ccc[n+](COC(=O)N[C@@H](C)Cc2ccccc2)c1. The summed E-state index contributed by atoms with van der Waals surface area (Å²) in [6.45, 7) is 3.90. The maximum atomic E-state index is 12.2. The highest BCUT2D eigenvalue weighted by Crippen LogP contribution is 2.05. The normalized spacial score (nSPS) is 11.4. The number of esters is 1. The Morgan fingerprint density at radius 1 is 1.03 bits per heavy atom. The minimum atomic E-state index is -0.528. The van der Waals surface area contributed by atoms with Crippen LogP contribution in [0.15, 0.2) is 54.9 Å². The number of nitrogens with zero attached hydrogens (tertiary/aromatic N) is 1. The van der Waals surface area contributed by atoms with Crippen molar-refractivity contribution in [2.24, 2.45) is 0 Å². The fourth-order valence-electron chi connectivity index (χ4n) is 2.75. The molecule has 0 aliphatic carbocycles. The first-order valence-corrected chi connectivity index (χ1v) is 9.63. The van der Waals surface area contributed by atoms with Gasteiger partial charge in [-0.1, -0.05) is 30.3 Å². The van der Waals surface area contributed by atoms with Crippen molar-refractivity contribution < 1.29 is 28.4 Å². The van der Waals surface area contributed by atoms with Crippen LogP contribution in [0.5, 0.6) is 0 Å². The van der Waals surface area contributed by atoms with E-state index in [-0.39, 0.29) is 31.4 Å². The maximum Gasteiger partial charge on any atom is 0.412 e. The molecular formula is C22H27N2O5+. The highest BCUT2D eigenvalue weighted by Gasteiger charge is 2.15. The lowest BCUT2D eigenvalue weighted by Crippen LogP contribution is -2.41. The zero-order valence-corrected chi connectivity index (χ0v) is 16.8. The lowest BCUT2D eigenvalue weighted by molar-refractivity contribution is -0.727. The number of ether oxygens (including phenoxy) is 2. The number of hydrogen-bond donors (Lipinski definition) is 1. The lowest BCUT2D eigenvalue weighted by Gasteiger charge is -2.13. The first-order valence-electron chi connectivity index (χ1n) is 9.63. The molecule has 0 bridgehead atoms. The maximum absolute atomic E-state index is 12.2. The number of carbonyl (C=O) groups is 3. The average molecular weight is 399 g/mol. The van der Waals surface area contributed by atoms with Crippen LogP contribution in [0.4, 0.5) is 4.79 Å². The Hall–Kier alpha value is -3.22. The van der Waals surface area contributed by atoms with Gasteiger partial charge in [0.1, 0.15) is 0 Å². The van der Waals surface area contributed by atoms with Gasteiger partial charge in [-0.2, -0.15) is 4.57 Å². The number of ketones is 1. The van der Waals surface area contributed by atoms with Crippen LogP contribution < -0.4 is 9.88 Å². The Labute approximate surface area is 170 Å². The highest BCUT2D eigenvalue weighted by molar-refractivity contribution is 5.97. The van der Waals surface area contributed by atoms with Crippen molar-refractivity contribution in [2.75, 3.05) is 6.61 Å². The molecule has 1 aromatic carbocycles. The van der Waals surface area contributed by atoms with Crippen LogP contribution in [-0.2, 0) is 27.4 Å². The second-order valence-electron chi connectivity index (χ2n) is 6.63. The van der Waals surface area contributed by atoms with E-state index >= 15 is 0 Å². The predicted octanol–water partition coefficient (Wildman–Crippen LogP) is 2.82. The summed E-state index contributed by atoms with van der Waals surface area (Å²) in [5.74, 6) is -0.567. The van der Waals surface area contributed by atoms with Crippen LogP contribution in [0.2, 0.25) is 0 Å². The molecule has 2 rings (SSSR count). The van der Waals surface area contributed by atoms with Crippen LogP contribution >= 0.6 is 0 Å². The lowest BCUT2D eigenvalue weighted by atomic mass is 10.1. The summed E-state index contributed by atoms with van der Waals surface area (Å²) in [6.07, 6.45) is 3.57. The van der Waals surface area contributed by atoms with Crippen molar-refractivity contribution in [3.8, 4) is 0 Å². The zero-order chi connectivity index (χ0) is 21.1. The van der Waals surface area contributed by atoms with E-state index in [0.29, 0.717) is 18.6 Å². The van der Waals surface area contributed by atoms with Crippen molar-refractivity contribution >= 4 is 17.8 Å². The van der Waals surface area contributed by atoms with E-state index in [1.54, 1.807) is 36.0 Å². The van der Waals surface area contributed by atoms with E-state index in [2.05, 4.69) is 5.32 Å². The Bertz CT molecular complexity index is 823. The quantitative estimate of drug-likeness (QED) is 0.377. The molecule has 0 spiro atoms. The predicted molar refractivity (Wildman–Crippen MR) is 106 cm³/mol. The molecule has 2 aromatic rings. The summed E-state index contributed by atoms with van der Waals surface area (Å²) >= 11 is 0. The summed E-state index contributed by atoms with van der Waals surface area (Å²) in [5.41, 5.74) is 1.57. The third kappa shape index (κ3) is 8.13. The third-order valence-corrected chi connectivity index (χ3v) is 4.14. The fourth-order valence-corrected chi connectivity index (χ4v) is 2.75. The molecular weight excluding hydrogens is 372 g/mol. The number of pyridine rings is 1. The Morgan fingerprint density at radius 2 is 1.79 bits per heavy atom. The number of Topliss-reactive ketones (excluding diaryl/α,β-unsaturated/α-hetero) is 1. The second-order valence-corrected chi connectivity index (χ2v) is 6.63. The molecule has 1 N–H and O–H groups in total. The molecule has 0 aliphatic rings. The summed E-state index contributed by atoms with van der Waals surface area (Å²) in [5, 5.41) is 2.79. The standard InChI is InChI=1S/C22H26N2O5/c1-3-28-21(26)12-11-20(25)19-10-7-13-24(15-19)16-29-22(27)23-17(2)14-18-8-5-4-6-9-18/h4-10,13,15,17H,3,11-12,14,16H2,1-2H3/p+1/t17-/m0/s1. The van der Waals surface area contributed by atoms with E-state index in [9.17, 15) is 14.4 Å². The number of amides is 1. The Balaban J connectivity index is 1.79. The molecule has 154 valence electrons. The average Bonchev–Trinajstić information content (AvgIpc) is 2.71. The molecule has 0 fully saturated rings. The van der Waals surface area contributed by atoms with E-state index in [1.807, 2.05) is 37.3 Å². The monoisotopic (exact) mass is 399 g/mol. The Kier molecular flexibility index (Phi) is 8.82. The van der Waals surface area contributed by atoms with Crippen LogP contribution in [0, 0.1) is 0 Å². The largest absolute Gasteiger partial charge is 0.466 e.